The van der Waals surface area contributed by atoms with Crippen molar-refractivity contribution < 1.29 is 4.74 Å². The van der Waals surface area contributed by atoms with Crippen LogP contribution in [0.1, 0.15) is 12.2 Å². The zero-order valence-electron chi connectivity index (χ0n) is 8.15. The van der Waals surface area contributed by atoms with Gasteiger partial charge in [0.25, 0.3) is 0 Å². The van der Waals surface area contributed by atoms with Gasteiger partial charge in [-0.25, -0.2) is 9.97 Å². The average molecular weight is 193 g/mol. The Kier molecular flexibility index (Phi) is 3.43. The highest BCUT2D eigenvalue weighted by Gasteiger charge is 2.14. The molecule has 0 bridgehead atoms. The molecule has 0 saturated carbocycles. The highest BCUT2D eigenvalue weighted by molar-refractivity contribution is 4.86. The van der Waals surface area contributed by atoms with E-state index >= 15 is 0 Å². The first kappa shape index (κ1) is 9.55. The summed E-state index contributed by atoms with van der Waals surface area (Å²) in [5.74, 6) is 1.43. The third-order valence-corrected chi connectivity index (χ3v) is 2.37. The van der Waals surface area contributed by atoms with Crippen molar-refractivity contribution in [3.05, 3.63) is 24.3 Å². The SMILES string of the molecule is c1cnc(COCC2CCNC2)nc1. The van der Waals surface area contributed by atoms with Crippen LogP contribution in [0.2, 0.25) is 0 Å². The molecule has 1 aliphatic rings. The molecule has 1 saturated heterocycles. The van der Waals surface area contributed by atoms with E-state index in [4.69, 9.17) is 4.74 Å². The van der Waals surface area contributed by atoms with Crippen LogP contribution in [0.4, 0.5) is 0 Å². The van der Waals surface area contributed by atoms with Gasteiger partial charge in [0.1, 0.15) is 6.61 Å². The van der Waals surface area contributed by atoms with Gasteiger partial charge in [-0.1, -0.05) is 0 Å². The fraction of sp³-hybridized carbons (Fsp3) is 0.600. The van der Waals surface area contributed by atoms with Crippen molar-refractivity contribution in [1.29, 1.82) is 0 Å². The normalized spacial score (nSPS) is 21.3. The molecule has 1 aromatic heterocycles. The van der Waals surface area contributed by atoms with Gasteiger partial charge in [0.15, 0.2) is 5.82 Å². The third-order valence-electron chi connectivity index (χ3n) is 2.37. The van der Waals surface area contributed by atoms with Gasteiger partial charge in [0, 0.05) is 18.9 Å². The van der Waals surface area contributed by atoms with Crippen LogP contribution < -0.4 is 5.32 Å². The van der Waals surface area contributed by atoms with E-state index in [9.17, 15) is 0 Å². The maximum absolute atomic E-state index is 5.54. The number of hydrogen-bond donors (Lipinski definition) is 1. The van der Waals surface area contributed by atoms with Crippen LogP contribution in [0, 0.1) is 5.92 Å². The molecule has 4 nitrogen and oxygen atoms in total. The molecule has 0 spiro atoms. The molecule has 0 aromatic carbocycles. The fourth-order valence-corrected chi connectivity index (χ4v) is 1.58. The van der Waals surface area contributed by atoms with E-state index in [0.717, 1.165) is 25.5 Å². The van der Waals surface area contributed by atoms with Crippen LogP contribution in [-0.4, -0.2) is 29.7 Å². The summed E-state index contributed by atoms with van der Waals surface area (Å²) in [6.45, 7) is 3.54. The summed E-state index contributed by atoms with van der Waals surface area (Å²) in [6, 6.07) is 1.81. The van der Waals surface area contributed by atoms with Gasteiger partial charge in [-0.2, -0.15) is 0 Å². The summed E-state index contributed by atoms with van der Waals surface area (Å²) in [6.07, 6.45) is 4.70. The second kappa shape index (κ2) is 5.02. The van der Waals surface area contributed by atoms with Crippen molar-refractivity contribution in [3.63, 3.8) is 0 Å². The monoisotopic (exact) mass is 193 g/mol. The second-order valence-corrected chi connectivity index (χ2v) is 3.54. The molecule has 1 unspecified atom stereocenters. The lowest BCUT2D eigenvalue weighted by Crippen LogP contribution is -2.14. The molecule has 4 heteroatoms. The molecule has 76 valence electrons. The minimum Gasteiger partial charge on any atom is -0.373 e. The Hall–Kier alpha value is -1.00. The van der Waals surface area contributed by atoms with Crippen molar-refractivity contribution in [2.24, 2.45) is 5.92 Å². The predicted octanol–water partition coefficient (Wildman–Crippen LogP) is 0.603. The quantitative estimate of drug-likeness (QED) is 0.760. The highest BCUT2D eigenvalue weighted by atomic mass is 16.5. The van der Waals surface area contributed by atoms with Gasteiger partial charge >= 0.3 is 0 Å². The van der Waals surface area contributed by atoms with Crippen LogP contribution in [0.3, 0.4) is 0 Å². The van der Waals surface area contributed by atoms with Crippen LogP contribution in [0.25, 0.3) is 0 Å². The molecular formula is C10H15N3O. The number of hydrogen-bond acceptors (Lipinski definition) is 4. The maximum atomic E-state index is 5.54. The van der Waals surface area contributed by atoms with Crippen LogP contribution in [-0.2, 0) is 11.3 Å². The number of nitrogens with zero attached hydrogens (tertiary/aromatic N) is 2. The summed E-state index contributed by atoms with van der Waals surface area (Å²) in [4.78, 5) is 8.18. The van der Waals surface area contributed by atoms with Crippen molar-refractivity contribution in [2.75, 3.05) is 19.7 Å². The first-order valence-corrected chi connectivity index (χ1v) is 4.99. The van der Waals surface area contributed by atoms with Crippen LogP contribution in [0.5, 0.6) is 0 Å². The minimum absolute atomic E-state index is 0.525. The van der Waals surface area contributed by atoms with Gasteiger partial charge in [0.05, 0.1) is 6.61 Å². The van der Waals surface area contributed by atoms with E-state index in [1.165, 1.54) is 6.42 Å². The standard InChI is InChI=1S/C10H15N3O/c1-3-12-10(13-4-1)8-14-7-9-2-5-11-6-9/h1,3-4,9,11H,2,5-8H2. The lowest BCUT2D eigenvalue weighted by molar-refractivity contribution is 0.0878. The average Bonchev–Trinajstić information content (AvgIpc) is 2.72. The highest BCUT2D eigenvalue weighted by Crippen LogP contribution is 2.08. The van der Waals surface area contributed by atoms with Crippen molar-refractivity contribution >= 4 is 0 Å². The molecular weight excluding hydrogens is 178 g/mol. The molecule has 2 heterocycles. The topological polar surface area (TPSA) is 47.0 Å². The third kappa shape index (κ3) is 2.75. The Balaban J connectivity index is 1.67. The largest absolute Gasteiger partial charge is 0.373 e. The van der Waals surface area contributed by atoms with Gasteiger partial charge < -0.3 is 10.1 Å². The number of nitrogens with one attached hydrogen (secondary N) is 1. The Morgan fingerprint density at radius 1 is 1.43 bits per heavy atom. The smallest absolute Gasteiger partial charge is 0.153 e. The molecule has 1 fully saturated rings. The second-order valence-electron chi connectivity index (χ2n) is 3.54. The summed E-state index contributed by atoms with van der Waals surface area (Å²) in [5, 5.41) is 3.31. The first-order chi connectivity index (χ1) is 6.95. The molecule has 1 aliphatic heterocycles. The van der Waals surface area contributed by atoms with E-state index in [-0.39, 0.29) is 0 Å². The Labute approximate surface area is 83.7 Å². The number of rotatable bonds is 4. The molecule has 1 aromatic rings. The molecule has 14 heavy (non-hydrogen) atoms. The Bertz CT molecular complexity index is 259. The van der Waals surface area contributed by atoms with E-state index < -0.39 is 0 Å². The summed E-state index contributed by atoms with van der Waals surface area (Å²) in [5.41, 5.74) is 0. The molecule has 0 amide bonds. The van der Waals surface area contributed by atoms with Crippen molar-refractivity contribution in [3.8, 4) is 0 Å². The minimum atomic E-state index is 0.525. The zero-order valence-corrected chi connectivity index (χ0v) is 8.15. The predicted molar refractivity (Wildman–Crippen MR) is 52.7 cm³/mol. The van der Waals surface area contributed by atoms with Crippen LogP contribution in [0.15, 0.2) is 18.5 Å². The van der Waals surface area contributed by atoms with Gasteiger partial charge in [0.2, 0.25) is 0 Å². The van der Waals surface area contributed by atoms with E-state index in [1.54, 1.807) is 12.4 Å². The Morgan fingerprint density at radius 3 is 3.00 bits per heavy atom. The summed E-state index contributed by atoms with van der Waals surface area (Å²) >= 11 is 0. The van der Waals surface area contributed by atoms with E-state index in [0.29, 0.717) is 12.5 Å². The van der Waals surface area contributed by atoms with E-state index in [2.05, 4.69) is 15.3 Å². The van der Waals surface area contributed by atoms with Crippen molar-refractivity contribution in [1.82, 2.24) is 15.3 Å². The summed E-state index contributed by atoms with van der Waals surface area (Å²) in [7, 11) is 0. The molecule has 0 aliphatic carbocycles. The molecule has 1 atom stereocenters. The lowest BCUT2D eigenvalue weighted by atomic mass is 10.1. The molecule has 0 radical (unpaired) electrons. The Morgan fingerprint density at radius 2 is 2.29 bits per heavy atom. The number of aromatic nitrogens is 2. The number of ether oxygens (including phenoxy) is 1. The van der Waals surface area contributed by atoms with Crippen molar-refractivity contribution in [2.45, 2.75) is 13.0 Å². The van der Waals surface area contributed by atoms with Gasteiger partial charge in [-0.05, 0) is 24.9 Å². The molecule has 2 rings (SSSR count). The van der Waals surface area contributed by atoms with Gasteiger partial charge in [-0.15, -0.1) is 0 Å². The van der Waals surface area contributed by atoms with Crippen LogP contribution >= 0.6 is 0 Å². The summed E-state index contributed by atoms with van der Waals surface area (Å²) < 4.78 is 5.54. The maximum Gasteiger partial charge on any atom is 0.153 e. The van der Waals surface area contributed by atoms with Gasteiger partial charge in [-0.3, -0.25) is 0 Å². The first-order valence-electron chi connectivity index (χ1n) is 4.99. The zero-order chi connectivity index (χ0) is 9.64. The molecule has 1 N–H and O–H groups in total. The van der Waals surface area contributed by atoms with E-state index in [1.807, 2.05) is 6.07 Å². The fourth-order valence-electron chi connectivity index (χ4n) is 1.58. The lowest BCUT2D eigenvalue weighted by Gasteiger charge is -2.07.